The van der Waals surface area contributed by atoms with Crippen LogP contribution in [0.1, 0.15) is 11.3 Å². The number of carboxylic acids is 1. The highest BCUT2D eigenvalue weighted by Crippen LogP contribution is 2.11. The molecule has 0 aromatic carbocycles. The summed E-state index contributed by atoms with van der Waals surface area (Å²) in [6.45, 7) is 2.06. The van der Waals surface area contributed by atoms with Gasteiger partial charge in [0.05, 0.1) is 6.61 Å². The Bertz CT molecular complexity index is 484. The number of carbonyl (C=O) groups is 1. The molecule has 94 valence electrons. The van der Waals surface area contributed by atoms with Gasteiger partial charge >= 0.3 is 5.97 Å². The Morgan fingerprint density at radius 3 is 3.28 bits per heavy atom. The number of hydrogen-bond donors (Lipinski definition) is 1. The first-order chi connectivity index (χ1) is 8.69. The van der Waals surface area contributed by atoms with Crippen LogP contribution in [0.25, 0.3) is 0 Å². The Morgan fingerprint density at radius 2 is 2.56 bits per heavy atom. The molecule has 6 nitrogen and oxygen atoms in total. The molecule has 1 N–H and O–H groups in total. The minimum Gasteiger partial charge on any atom is -0.479 e. The van der Waals surface area contributed by atoms with E-state index in [0.29, 0.717) is 31.9 Å². The number of ether oxygens (including phenoxy) is 1. The summed E-state index contributed by atoms with van der Waals surface area (Å²) in [6, 6.07) is 5.52. The van der Waals surface area contributed by atoms with E-state index in [9.17, 15) is 4.79 Å². The predicted octanol–water partition coefficient (Wildman–Crippen LogP) is 0.239. The first kappa shape index (κ1) is 12.5. The summed E-state index contributed by atoms with van der Waals surface area (Å²) in [7, 11) is 0. The highest BCUT2D eigenvalue weighted by Gasteiger charge is 2.26. The molecule has 1 aliphatic rings. The third-order valence-corrected chi connectivity index (χ3v) is 2.77. The van der Waals surface area contributed by atoms with Crippen LogP contribution < -0.4 is 0 Å². The van der Waals surface area contributed by atoms with Crippen molar-refractivity contribution in [3.05, 3.63) is 29.6 Å². The van der Waals surface area contributed by atoms with Crippen molar-refractivity contribution in [3.8, 4) is 6.07 Å². The average Bonchev–Trinajstić information content (AvgIpc) is 2.39. The van der Waals surface area contributed by atoms with E-state index in [2.05, 4.69) is 4.98 Å². The Balaban J connectivity index is 2.00. The maximum atomic E-state index is 10.8. The van der Waals surface area contributed by atoms with Crippen LogP contribution in [0.4, 0.5) is 0 Å². The zero-order chi connectivity index (χ0) is 13.0. The molecule has 0 bridgehead atoms. The molecule has 0 radical (unpaired) electrons. The number of rotatable bonds is 3. The van der Waals surface area contributed by atoms with E-state index in [4.69, 9.17) is 15.1 Å². The van der Waals surface area contributed by atoms with Crippen LogP contribution in [0.15, 0.2) is 18.3 Å². The summed E-state index contributed by atoms with van der Waals surface area (Å²) in [5.74, 6) is -0.938. The molecule has 1 atom stereocenters. The molecule has 1 aromatic rings. The van der Waals surface area contributed by atoms with E-state index in [0.717, 1.165) is 5.56 Å². The second-order valence-corrected chi connectivity index (χ2v) is 4.09. The van der Waals surface area contributed by atoms with Crippen LogP contribution in [0.2, 0.25) is 0 Å². The van der Waals surface area contributed by atoms with E-state index < -0.39 is 12.1 Å². The summed E-state index contributed by atoms with van der Waals surface area (Å²) >= 11 is 0. The molecule has 1 aromatic heterocycles. The lowest BCUT2D eigenvalue weighted by molar-refractivity contribution is -0.156. The van der Waals surface area contributed by atoms with Gasteiger partial charge in [0.15, 0.2) is 6.10 Å². The average molecular weight is 247 g/mol. The van der Waals surface area contributed by atoms with Gasteiger partial charge in [-0.2, -0.15) is 5.26 Å². The van der Waals surface area contributed by atoms with E-state index in [-0.39, 0.29) is 0 Å². The second-order valence-electron chi connectivity index (χ2n) is 4.09. The second kappa shape index (κ2) is 5.58. The minimum absolute atomic E-state index is 0.361. The number of hydrogen-bond acceptors (Lipinski definition) is 5. The van der Waals surface area contributed by atoms with Crippen LogP contribution in [0.3, 0.4) is 0 Å². The lowest BCUT2D eigenvalue weighted by Gasteiger charge is -2.30. The van der Waals surface area contributed by atoms with E-state index in [1.165, 1.54) is 0 Å². The van der Waals surface area contributed by atoms with Gasteiger partial charge in [0, 0.05) is 25.8 Å². The number of aliphatic carboxylic acids is 1. The Labute approximate surface area is 104 Å². The number of carboxylic acid groups (broad SMARTS) is 1. The van der Waals surface area contributed by atoms with Gasteiger partial charge in [-0.05, 0) is 17.7 Å². The van der Waals surface area contributed by atoms with Crippen molar-refractivity contribution in [2.75, 3.05) is 19.7 Å². The van der Waals surface area contributed by atoms with E-state index >= 15 is 0 Å². The fourth-order valence-corrected chi connectivity index (χ4v) is 1.89. The smallest absolute Gasteiger partial charge is 0.334 e. The lowest BCUT2D eigenvalue weighted by Crippen LogP contribution is -2.45. The first-order valence-electron chi connectivity index (χ1n) is 5.61. The quantitative estimate of drug-likeness (QED) is 0.823. The molecule has 0 aliphatic carbocycles. The Hall–Kier alpha value is -1.97. The molecule has 0 amide bonds. The number of nitriles is 1. The molecule has 1 unspecified atom stereocenters. The summed E-state index contributed by atoms with van der Waals surface area (Å²) in [6.07, 6.45) is 0.819. The van der Waals surface area contributed by atoms with Gasteiger partial charge in [-0.3, -0.25) is 4.90 Å². The van der Waals surface area contributed by atoms with Crippen molar-refractivity contribution < 1.29 is 14.6 Å². The zero-order valence-electron chi connectivity index (χ0n) is 9.74. The maximum absolute atomic E-state index is 10.8. The van der Waals surface area contributed by atoms with Gasteiger partial charge in [-0.25, -0.2) is 9.78 Å². The van der Waals surface area contributed by atoms with Gasteiger partial charge < -0.3 is 9.84 Å². The lowest BCUT2D eigenvalue weighted by atomic mass is 10.2. The number of nitrogens with zero attached hydrogens (tertiary/aromatic N) is 3. The van der Waals surface area contributed by atoms with E-state index in [1.807, 2.05) is 17.0 Å². The maximum Gasteiger partial charge on any atom is 0.334 e. The van der Waals surface area contributed by atoms with Crippen molar-refractivity contribution in [1.82, 2.24) is 9.88 Å². The molecule has 18 heavy (non-hydrogen) atoms. The summed E-state index contributed by atoms with van der Waals surface area (Å²) < 4.78 is 5.15. The third kappa shape index (κ3) is 3.03. The van der Waals surface area contributed by atoms with Crippen molar-refractivity contribution in [2.45, 2.75) is 12.6 Å². The topological polar surface area (TPSA) is 86.5 Å². The van der Waals surface area contributed by atoms with Crippen LogP contribution in [-0.4, -0.2) is 46.8 Å². The minimum atomic E-state index is -0.938. The molecule has 2 rings (SSSR count). The van der Waals surface area contributed by atoms with Gasteiger partial charge in [0.25, 0.3) is 0 Å². The summed E-state index contributed by atoms with van der Waals surface area (Å²) in [5.41, 5.74) is 1.32. The fourth-order valence-electron chi connectivity index (χ4n) is 1.89. The molecular weight excluding hydrogens is 234 g/mol. The summed E-state index contributed by atoms with van der Waals surface area (Å²) in [4.78, 5) is 16.7. The van der Waals surface area contributed by atoms with Crippen molar-refractivity contribution in [1.29, 1.82) is 5.26 Å². The molecule has 1 fully saturated rings. The Morgan fingerprint density at radius 1 is 1.72 bits per heavy atom. The SMILES string of the molecule is N#Cc1cc(CN2CCOC(C(=O)O)C2)ccn1. The van der Waals surface area contributed by atoms with Gasteiger partial charge in [-0.1, -0.05) is 0 Å². The number of pyridine rings is 1. The Kier molecular flexibility index (Phi) is 3.87. The van der Waals surface area contributed by atoms with Gasteiger partial charge in [0.2, 0.25) is 0 Å². The molecule has 0 spiro atoms. The molecule has 6 heteroatoms. The highest BCUT2D eigenvalue weighted by atomic mass is 16.5. The van der Waals surface area contributed by atoms with Gasteiger partial charge in [0.1, 0.15) is 11.8 Å². The summed E-state index contributed by atoms with van der Waals surface area (Å²) in [5, 5.41) is 17.7. The molecule has 1 aliphatic heterocycles. The molecule has 2 heterocycles. The largest absolute Gasteiger partial charge is 0.479 e. The van der Waals surface area contributed by atoms with Crippen LogP contribution in [0, 0.1) is 11.3 Å². The highest BCUT2D eigenvalue weighted by molar-refractivity contribution is 5.72. The van der Waals surface area contributed by atoms with E-state index in [1.54, 1.807) is 12.3 Å². The fraction of sp³-hybridized carbons (Fsp3) is 0.417. The first-order valence-corrected chi connectivity index (χ1v) is 5.61. The third-order valence-electron chi connectivity index (χ3n) is 2.77. The van der Waals surface area contributed by atoms with Gasteiger partial charge in [-0.15, -0.1) is 0 Å². The zero-order valence-corrected chi connectivity index (χ0v) is 9.74. The standard InChI is InChI=1S/C12H13N3O3/c13-6-10-5-9(1-2-14-10)7-15-3-4-18-11(8-15)12(16)17/h1-2,5,11H,3-4,7-8H2,(H,16,17). The van der Waals surface area contributed by atoms with Crippen molar-refractivity contribution in [2.24, 2.45) is 0 Å². The molecule has 1 saturated heterocycles. The monoisotopic (exact) mass is 247 g/mol. The number of morpholine rings is 1. The van der Waals surface area contributed by atoms with Crippen LogP contribution >= 0.6 is 0 Å². The normalized spacial score (nSPS) is 20.3. The predicted molar refractivity (Wildman–Crippen MR) is 61.6 cm³/mol. The van der Waals surface area contributed by atoms with Crippen molar-refractivity contribution >= 4 is 5.97 Å². The number of aromatic nitrogens is 1. The van der Waals surface area contributed by atoms with Crippen LogP contribution in [-0.2, 0) is 16.1 Å². The van der Waals surface area contributed by atoms with Crippen LogP contribution in [0.5, 0.6) is 0 Å². The molecule has 0 saturated carbocycles. The molecular formula is C12H13N3O3. The van der Waals surface area contributed by atoms with Crippen molar-refractivity contribution in [3.63, 3.8) is 0 Å².